The number of halogens is 3. The molecule has 0 aromatic heterocycles. The molecule has 0 aliphatic heterocycles. The van der Waals surface area contributed by atoms with Crippen LogP contribution >= 0.6 is 0 Å². The highest BCUT2D eigenvalue weighted by Gasteiger charge is 2.34. The zero-order chi connectivity index (χ0) is 11.4. The fourth-order valence-corrected chi connectivity index (χ4v) is 2.08. The summed E-state index contributed by atoms with van der Waals surface area (Å²) in [7, 11) is -3.99. The van der Waals surface area contributed by atoms with Crippen molar-refractivity contribution < 1.29 is 26.7 Å². The summed E-state index contributed by atoms with van der Waals surface area (Å²) in [6.45, 7) is -1.15. The number of rotatable bonds is 5. The third-order valence-corrected chi connectivity index (χ3v) is 3.32. The van der Waals surface area contributed by atoms with Crippen molar-refractivity contribution in [1.82, 2.24) is 4.31 Å². The first kappa shape index (κ1) is 13.7. The predicted octanol–water partition coefficient (Wildman–Crippen LogP) is 0.193. The van der Waals surface area contributed by atoms with E-state index >= 15 is 0 Å². The van der Waals surface area contributed by atoms with Crippen LogP contribution in [0, 0.1) is 0 Å². The molecule has 8 heteroatoms. The van der Waals surface area contributed by atoms with E-state index in [1.165, 1.54) is 6.92 Å². The molecule has 0 saturated heterocycles. The van der Waals surface area contributed by atoms with Crippen LogP contribution in [0.3, 0.4) is 0 Å². The summed E-state index contributed by atoms with van der Waals surface area (Å²) >= 11 is 0. The molecule has 4 nitrogen and oxygen atoms in total. The highest BCUT2D eigenvalue weighted by molar-refractivity contribution is 7.89. The number of hydrogen-bond donors (Lipinski definition) is 1. The van der Waals surface area contributed by atoms with Gasteiger partial charge in [0, 0.05) is 6.54 Å². The summed E-state index contributed by atoms with van der Waals surface area (Å²) in [6, 6.07) is 0. The second-order valence-corrected chi connectivity index (χ2v) is 4.67. The number of hydrogen-bond acceptors (Lipinski definition) is 3. The molecule has 0 aliphatic rings. The Morgan fingerprint density at radius 3 is 2.14 bits per heavy atom. The maximum absolute atomic E-state index is 11.9. The number of nitrogens with zero attached hydrogens (tertiary/aromatic N) is 1. The molecule has 0 atom stereocenters. The molecule has 0 heterocycles. The third kappa shape index (κ3) is 4.77. The molecule has 1 N–H and O–H groups in total. The molecule has 0 rings (SSSR count). The van der Waals surface area contributed by atoms with E-state index in [0.717, 1.165) is 0 Å². The van der Waals surface area contributed by atoms with Crippen molar-refractivity contribution in [2.75, 3.05) is 25.4 Å². The highest BCUT2D eigenvalue weighted by Crippen LogP contribution is 2.18. The van der Waals surface area contributed by atoms with Gasteiger partial charge in [0.2, 0.25) is 10.0 Å². The number of alkyl halides is 3. The van der Waals surface area contributed by atoms with Gasteiger partial charge < -0.3 is 5.11 Å². The topological polar surface area (TPSA) is 57.6 Å². The molecule has 0 amide bonds. The van der Waals surface area contributed by atoms with Gasteiger partial charge in [-0.15, -0.1) is 0 Å². The highest BCUT2D eigenvalue weighted by atomic mass is 32.2. The van der Waals surface area contributed by atoms with Gasteiger partial charge in [-0.2, -0.15) is 17.5 Å². The van der Waals surface area contributed by atoms with Gasteiger partial charge >= 0.3 is 6.18 Å². The van der Waals surface area contributed by atoms with E-state index in [9.17, 15) is 21.6 Å². The van der Waals surface area contributed by atoms with Gasteiger partial charge in [-0.3, -0.25) is 0 Å². The van der Waals surface area contributed by atoms with E-state index in [-0.39, 0.29) is 6.54 Å². The van der Waals surface area contributed by atoms with E-state index in [0.29, 0.717) is 4.31 Å². The van der Waals surface area contributed by atoms with Gasteiger partial charge in [-0.05, 0) is 0 Å². The van der Waals surface area contributed by atoms with Crippen LogP contribution in [0.1, 0.15) is 6.92 Å². The third-order valence-electron chi connectivity index (χ3n) is 1.45. The van der Waals surface area contributed by atoms with E-state index in [1.54, 1.807) is 0 Å². The van der Waals surface area contributed by atoms with Crippen LogP contribution in [0.15, 0.2) is 0 Å². The smallest absolute Gasteiger partial charge is 0.395 e. The van der Waals surface area contributed by atoms with E-state index < -0.39 is 35.1 Å². The SMILES string of the molecule is CCN(CC(F)(F)F)S(=O)(=O)CCO. The summed E-state index contributed by atoms with van der Waals surface area (Å²) < 4.78 is 58.2. The lowest BCUT2D eigenvalue weighted by atomic mass is 10.6. The second kappa shape index (κ2) is 4.94. The molecule has 0 fully saturated rings. The minimum atomic E-state index is -4.56. The Labute approximate surface area is 80.4 Å². The Morgan fingerprint density at radius 1 is 1.36 bits per heavy atom. The summed E-state index contributed by atoms with van der Waals surface area (Å²) in [6.07, 6.45) is -4.56. The van der Waals surface area contributed by atoms with Gasteiger partial charge in [0.1, 0.15) is 6.54 Å². The lowest BCUT2D eigenvalue weighted by Gasteiger charge is -2.21. The number of aliphatic hydroxyl groups is 1. The largest absolute Gasteiger partial charge is 0.402 e. The Hall–Kier alpha value is -0.340. The Balaban J connectivity index is 4.57. The monoisotopic (exact) mass is 235 g/mol. The minimum absolute atomic E-state index is 0.262. The zero-order valence-corrected chi connectivity index (χ0v) is 8.40. The Bertz CT molecular complexity index is 262. The summed E-state index contributed by atoms with van der Waals surface area (Å²) in [5.41, 5.74) is 0. The first-order valence-corrected chi connectivity index (χ1v) is 5.49. The summed E-state index contributed by atoms with van der Waals surface area (Å²) in [5, 5.41) is 8.36. The molecule has 86 valence electrons. The molecule has 0 radical (unpaired) electrons. The van der Waals surface area contributed by atoms with Crippen LogP contribution < -0.4 is 0 Å². The molecule has 0 spiro atoms. The zero-order valence-electron chi connectivity index (χ0n) is 7.58. The van der Waals surface area contributed by atoms with Crippen LogP contribution in [0.2, 0.25) is 0 Å². The van der Waals surface area contributed by atoms with Crippen molar-refractivity contribution in [2.24, 2.45) is 0 Å². The van der Waals surface area contributed by atoms with Crippen LogP contribution in [-0.2, 0) is 10.0 Å². The maximum Gasteiger partial charge on any atom is 0.402 e. The normalized spacial score (nSPS) is 13.6. The molecule has 0 unspecified atom stereocenters. The van der Waals surface area contributed by atoms with Crippen molar-refractivity contribution in [1.29, 1.82) is 0 Å². The molecular formula is C6H12F3NO3S. The predicted molar refractivity (Wildman–Crippen MR) is 44.2 cm³/mol. The lowest BCUT2D eigenvalue weighted by Crippen LogP contribution is -2.40. The lowest BCUT2D eigenvalue weighted by molar-refractivity contribution is -0.135. The van der Waals surface area contributed by atoms with Crippen molar-refractivity contribution >= 4 is 10.0 Å². The standard InChI is InChI=1S/C6H12F3NO3S/c1-2-10(5-6(7,8)9)14(12,13)4-3-11/h11H,2-5H2,1H3. The summed E-state index contributed by atoms with van der Waals surface area (Å²) in [5.74, 6) is -0.684. The average Bonchev–Trinajstić information content (AvgIpc) is 1.98. The number of sulfonamides is 1. The van der Waals surface area contributed by atoms with Crippen molar-refractivity contribution in [3.05, 3.63) is 0 Å². The molecule has 0 aliphatic carbocycles. The molecule has 14 heavy (non-hydrogen) atoms. The van der Waals surface area contributed by atoms with Gasteiger partial charge in [0.15, 0.2) is 0 Å². The van der Waals surface area contributed by atoms with E-state index in [4.69, 9.17) is 5.11 Å². The maximum atomic E-state index is 11.9. The first-order chi connectivity index (χ1) is 6.23. The fraction of sp³-hybridized carbons (Fsp3) is 1.00. The van der Waals surface area contributed by atoms with E-state index in [1.807, 2.05) is 0 Å². The van der Waals surface area contributed by atoms with Crippen LogP contribution in [0.25, 0.3) is 0 Å². The van der Waals surface area contributed by atoms with Gasteiger partial charge in [0.25, 0.3) is 0 Å². The van der Waals surface area contributed by atoms with Gasteiger partial charge in [-0.25, -0.2) is 8.42 Å². The van der Waals surface area contributed by atoms with Crippen molar-refractivity contribution in [3.8, 4) is 0 Å². The van der Waals surface area contributed by atoms with Crippen molar-refractivity contribution in [2.45, 2.75) is 13.1 Å². The van der Waals surface area contributed by atoms with Crippen LogP contribution in [0.5, 0.6) is 0 Å². The van der Waals surface area contributed by atoms with Crippen LogP contribution in [0.4, 0.5) is 13.2 Å². The second-order valence-electron chi connectivity index (χ2n) is 2.58. The van der Waals surface area contributed by atoms with E-state index in [2.05, 4.69) is 0 Å². The Morgan fingerprint density at radius 2 is 1.86 bits per heavy atom. The molecule has 0 aromatic carbocycles. The molecule has 0 aromatic rings. The number of aliphatic hydroxyl groups excluding tert-OH is 1. The Kier molecular flexibility index (Phi) is 4.82. The molecule has 0 bridgehead atoms. The molecule has 0 saturated carbocycles. The first-order valence-electron chi connectivity index (χ1n) is 3.88. The van der Waals surface area contributed by atoms with Crippen molar-refractivity contribution in [3.63, 3.8) is 0 Å². The average molecular weight is 235 g/mol. The molecular weight excluding hydrogens is 223 g/mol. The fourth-order valence-electron chi connectivity index (χ4n) is 0.851. The minimum Gasteiger partial charge on any atom is -0.395 e. The van der Waals surface area contributed by atoms with Gasteiger partial charge in [0.05, 0.1) is 12.4 Å². The quantitative estimate of drug-likeness (QED) is 0.740. The summed E-state index contributed by atoms with van der Waals surface area (Å²) in [4.78, 5) is 0. The van der Waals surface area contributed by atoms with Crippen LogP contribution in [-0.4, -0.2) is 49.5 Å². The van der Waals surface area contributed by atoms with Gasteiger partial charge in [-0.1, -0.05) is 6.92 Å².